The lowest BCUT2D eigenvalue weighted by molar-refractivity contribution is -0.156. The first-order valence-corrected chi connectivity index (χ1v) is 10.8. The van der Waals surface area contributed by atoms with E-state index in [0.717, 1.165) is 27.9 Å². The number of ether oxygens (including phenoxy) is 1. The highest BCUT2D eigenvalue weighted by atomic mass is 16.6. The molecular formula is C27H28N2O3. The Morgan fingerprint density at radius 3 is 2.34 bits per heavy atom. The summed E-state index contributed by atoms with van der Waals surface area (Å²) in [6.07, 6.45) is 0. The molecule has 1 amide bonds. The maximum absolute atomic E-state index is 13.2. The van der Waals surface area contributed by atoms with E-state index in [1.54, 1.807) is 4.90 Å². The van der Waals surface area contributed by atoms with Crippen molar-refractivity contribution in [1.82, 2.24) is 0 Å². The molecule has 1 aliphatic rings. The predicted octanol–water partition coefficient (Wildman–Crippen LogP) is 5.54. The second-order valence-electron chi connectivity index (χ2n) is 9.24. The number of nitrogen functional groups attached to an aromatic ring is 1. The minimum absolute atomic E-state index is 0.0290. The fourth-order valence-corrected chi connectivity index (χ4v) is 3.88. The highest BCUT2D eigenvalue weighted by molar-refractivity contribution is 6.10. The van der Waals surface area contributed by atoms with Gasteiger partial charge in [0.05, 0.1) is 12.5 Å². The van der Waals surface area contributed by atoms with Gasteiger partial charge in [-0.05, 0) is 80.3 Å². The van der Waals surface area contributed by atoms with Crippen molar-refractivity contribution in [3.8, 4) is 11.1 Å². The second-order valence-corrected chi connectivity index (χ2v) is 9.24. The maximum atomic E-state index is 13.2. The van der Waals surface area contributed by atoms with Crippen molar-refractivity contribution in [2.75, 3.05) is 10.6 Å². The summed E-state index contributed by atoms with van der Waals surface area (Å²) in [6.45, 7) is 7.92. The molecule has 4 rings (SSSR count). The molecule has 0 fully saturated rings. The summed E-state index contributed by atoms with van der Waals surface area (Å²) in [6, 6.07) is 21.2. The van der Waals surface area contributed by atoms with Crippen LogP contribution >= 0.6 is 0 Å². The standard InChI is InChI=1S/C27H28N2O3/c1-17(26(31)32-27(2,3)4)18-10-12-23(13-11-18)29-16-21-9-8-20(15-24(21)25(29)30)19-6-5-7-22(28)14-19/h5-15,17H,16,28H2,1-4H3. The zero-order valence-corrected chi connectivity index (χ0v) is 18.9. The van der Waals surface area contributed by atoms with Crippen LogP contribution in [0.5, 0.6) is 0 Å². The van der Waals surface area contributed by atoms with E-state index in [4.69, 9.17) is 10.5 Å². The van der Waals surface area contributed by atoms with Crippen LogP contribution in [-0.4, -0.2) is 17.5 Å². The van der Waals surface area contributed by atoms with Gasteiger partial charge in [0.1, 0.15) is 5.60 Å². The number of nitrogens with zero attached hydrogens (tertiary/aromatic N) is 1. The lowest BCUT2D eigenvalue weighted by atomic mass is 10.00. The van der Waals surface area contributed by atoms with Gasteiger partial charge in [0.25, 0.3) is 5.91 Å². The number of benzene rings is 3. The van der Waals surface area contributed by atoms with Gasteiger partial charge in [-0.15, -0.1) is 0 Å². The fraction of sp³-hybridized carbons (Fsp3) is 0.259. The first-order valence-electron chi connectivity index (χ1n) is 10.8. The third kappa shape index (κ3) is 4.37. The van der Waals surface area contributed by atoms with Crippen LogP contribution in [0.2, 0.25) is 0 Å². The molecule has 1 atom stereocenters. The minimum atomic E-state index is -0.524. The predicted molar refractivity (Wildman–Crippen MR) is 128 cm³/mol. The summed E-state index contributed by atoms with van der Waals surface area (Å²) >= 11 is 0. The molecule has 0 spiro atoms. The summed E-state index contributed by atoms with van der Waals surface area (Å²) in [4.78, 5) is 27.3. The van der Waals surface area contributed by atoms with Crippen LogP contribution < -0.4 is 10.6 Å². The lowest BCUT2D eigenvalue weighted by Crippen LogP contribution is -2.27. The Labute approximate surface area is 188 Å². The highest BCUT2D eigenvalue weighted by Crippen LogP contribution is 2.33. The average molecular weight is 429 g/mol. The summed E-state index contributed by atoms with van der Waals surface area (Å²) in [5.41, 5.74) is 11.4. The Kier molecular flexibility index (Phi) is 5.51. The highest BCUT2D eigenvalue weighted by Gasteiger charge is 2.29. The Bertz CT molecular complexity index is 1180. The van der Waals surface area contributed by atoms with Gasteiger partial charge < -0.3 is 15.4 Å². The smallest absolute Gasteiger partial charge is 0.313 e. The molecular weight excluding hydrogens is 400 g/mol. The topological polar surface area (TPSA) is 72.6 Å². The zero-order valence-electron chi connectivity index (χ0n) is 18.9. The number of hydrogen-bond donors (Lipinski definition) is 1. The van der Waals surface area contributed by atoms with Crippen molar-refractivity contribution in [2.24, 2.45) is 0 Å². The molecule has 32 heavy (non-hydrogen) atoms. The van der Waals surface area contributed by atoms with Crippen LogP contribution in [0.25, 0.3) is 11.1 Å². The largest absolute Gasteiger partial charge is 0.460 e. The van der Waals surface area contributed by atoms with Crippen LogP contribution in [-0.2, 0) is 16.1 Å². The minimum Gasteiger partial charge on any atom is -0.460 e. The number of anilines is 2. The van der Waals surface area contributed by atoms with Crippen molar-refractivity contribution in [3.63, 3.8) is 0 Å². The fourth-order valence-electron chi connectivity index (χ4n) is 3.88. The SMILES string of the molecule is CC(C(=O)OC(C)(C)C)c1ccc(N2Cc3ccc(-c4cccc(N)c4)cc3C2=O)cc1. The van der Waals surface area contributed by atoms with E-state index in [-0.39, 0.29) is 17.8 Å². The van der Waals surface area contributed by atoms with Gasteiger partial charge in [-0.1, -0.05) is 36.4 Å². The molecule has 0 radical (unpaired) electrons. The second kappa shape index (κ2) is 8.15. The quantitative estimate of drug-likeness (QED) is 0.437. The molecule has 164 valence electrons. The Balaban J connectivity index is 1.53. The van der Waals surface area contributed by atoms with E-state index < -0.39 is 5.60 Å². The van der Waals surface area contributed by atoms with Gasteiger partial charge in [0, 0.05) is 16.9 Å². The summed E-state index contributed by atoms with van der Waals surface area (Å²) in [7, 11) is 0. The van der Waals surface area contributed by atoms with Crippen LogP contribution in [0.1, 0.15) is 55.1 Å². The summed E-state index contributed by atoms with van der Waals surface area (Å²) in [5, 5.41) is 0. The molecule has 0 saturated heterocycles. The molecule has 3 aromatic carbocycles. The summed E-state index contributed by atoms with van der Waals surface area (Å²) in [5.74, 6) is -0.668. The van der Waals surface area contributed by atoms with Crippen molar-refractivity contribution < 1.29 is 14.3 Å². The number of carbonyl (C=O) groups excluding carboxylic acids is 2. The van der Waals surface area contributed by atoms with Crippen LogP contribution in [0.3, 0.4) is 0 Å². The van der Waals surface area contributed by atoms with Crippen LogP contribution in [0.4, 0.5) is 11.4 Å². The van der Waals surface area contributed by atoms with E-state index in [2.05, 4.69) is 0 Å². The number of carbonyl (C=O) groups is 2. The molecule has 0 aliphatic carbocycles. The van der Waals surface area contributed by atoms with E-state index in [9.17, 15) is 9.59 Å². The van der Waals surface area contributed by atoms with Crippen molar-refractivity contribution in [3.05, 3.63) is 83.4 Å². The zero-order chi connectivity index (χ0) is 23.0. The molecule has 3 aromatic rings. The number of nitrogens with two attached hydrogens (primary N) is 1. The lowest BCUT2D eigenvalue weighted by Gasteiger charge is -2.23. The molecule has 0 saturated carbocycles. The summed E-state index contributed by atoms with van der Waals surface area (Å²) < 4.78 is 5.49. The third-order valence-electron chi connectivity index (χ3n) is 5.60. The number of rotatable bonds is 4. The normalized spacial score (nSPS) is 14.2. The molecule has 0 aromatic heterocycles. The van der Waals surface area contributed by atoms with Gasteiger partial charge in [0.15, 0.2) is 0 Å². The third-order valence-corrected chi connectivity index (χ3v) is 5.60. The number of amides is 1. The molecule has 5 nitrogen and oxygen atoms in total. The van der Waals surface area contributed by atoms with Gasteiger partial charge in [-0.3, -0.25) is 9.59 Å². The Morgan fingerprint density at radius 2 is 1.69 bits per heavy atom. The van der Waals surface area contributed by atoms with Gasteiger partial charge in [0.2, 0.25) is 0 Å². The molecule has 0 bridgehead atoms. The van der Waals surface area contributed by atoms with E-state index >= 15 is 0 Å². The number of fused-ring (bicyclic) bond motifs is 1. The Hall–Kier alpha value is -3.60. The van der Waals surface area contributed by atoms with Crippen molar-refractivity contribution >= 4 is 23.3 Å². The average Bonchev–Trinajstić information content (AvgIpc) is 3.08. The van der Waals surface area contributed by atoms with Gasteiger partial charge in [-0.25, -0.2) is 0 Å². The first kappa shape index (κ1) is 21.6. The van der Waals surface area contributed by atoms with Gasteiger partial charge in [-0.2, -0.15) is 0 Å². The van der Waals surface area contributed by atoms with Crippen LogP contribution in [0, 0.1) is 0 Å². The van der Waals surface area contributed by atoms with E-state index in [0.29, 0.717) is 17.8 Å². The van der Waals surface area contributed by atoms with Crippen molar-refractivity contribution in [2.45, 2.75) is 45.8 Å². The molecule has 2 N–H and O–H groups in total. The Morgan fingerprint density at radius 1 is 1.00 bits per heavy atom. The number of esters is 1. The molecule has 1 aliphatic heterocycles. The number of hydrogen-bond acceptors (Lipinski definition) is 4. The maximum Gasteiger partial charge on any atom is 0.313 e. The molecule has 5 heteroatoms. The van der Waals surface area contributed by atoms with Crippen LogP contribution in [0.15, 0.2) is 66.7 Å². The van der Waals surface area contributed by atoms with Gasteiger partial charge >= 0.3 is 5.97 Å². The molecule has 1 heterocycles. The first-order chi connectivity index (χ1) is 15.1. The van der Waals surface area contributed by atoms with Crippen molar-refractivity contribution in [1.29, 1.82) is 0 Å². The monoisotopic (exact) mass is 428 g/mol. The molecule has 1 unspecified atom stereocenters. The van der Waals surface area contributed by atoms with E-state index in [1.807, 2.05) is 94.4 Å². The van der Waals surface area contributed by atoms with E-state index in [1.165, 1.54) is 0 Å².